The molecule has 0 aliphatic heterocycles. The molecule has 0 saturated heterocycles. The van der Waals surface area contributed by atoms with E-state index in [-0.39, 0.29) is 12.1 Å². The summed E-state index contributed by atoms with van der Waals surface area (Å²) in [5.74, 6) is 1.65. The number of para-hydroxylation sites is 1. The minimum Gasteiger partial charge on any atom is -0.497 e. The number of hydrogen-bond donors (Lipinski definition) is 2. The van der Waals surface area contributed by atoms with Crippen LogP contribution in [0, 0.1) is 0 Å². The summed E-state index contributed by atoms with van der Waals surface area (Å²) in [5, 5.41) is 5.85. The van der Waals surface area contributed by atoms with Gasteiger partial charge in [0.05, 0.1) is 20.3 Å². The monoisotopic (exact) mass is 371 g/mol. The van der Waals surface area contributed by atoms with Crippen LogP contribution in [0.3, 0.4) is 0 Å². The van der Waals surface area contributed by atoms with Gasteiger partial charge in [0.25, 0.3) is 0 Å². The number of hydrogen-bond acceptors (Lipinski definition) is 4. The summed E-state index contributed by atoms with van der Waals surface area (Å²) >= 11 is 0. The smallest absolute Gasteiger partial charge is 0.314 e. The predicted octanol–water partition coefficient (Wildman–Crippen LogP) is 2.85. The van der Waals surface area contributed by atoms with Gasteiger partial charge in [0.15, 0.2) is 0 Å². The highest BCUT2D eigenvalue weighted by Crippen LogP contribution is 2.27. The number of carbonyl (C=O) groups excluding carboxylic acids is 1. The van der Waals surface area contributed by atoms with E-state index in [0.717, 1.165) is 29.0 Å². The average molecular weight is 371 g/mol. The van der Waals surface area contributed by atoms with Gasteiger partial charge in [-0.1, -0.05) is 30.3 Å². The van der Waals surface area contributed by atoms with Crippen molar-refractivity contribution in [2.24, 2.45) is 0 Å². The maximum absolute atomic E-state index is 12.2. The van der Waals surface area contributed by atoms with Gasteiger partial charge in [-0.15, -0.1) is 0 Å². The molecule has 2 rings (SSSR count). The van der Waals surface area contributed by atoms with E-state index in [1.165, 1.54) is 0 Å². The van der Waals surface area contributed by atoms with E-state index in [4.69, 9.17) is 9.47 Å². The number of benzene rings is 2. The first-order chi connectivity index (χ1) is 13.0. The van der Waals surface area contributed by atoms with Crippen molar-refractivity contribution in [1.82, 2.24) is 15.5 Å². The largest absolute Gasteiger partial charge is 0.497 e. The fourth-order valence-corrected chi connectivity index (χ4v) is 2.88. The van der Waals surface area contributed by atoms with Crippen molar-refractivity contribution in [1.29, 1.82) is 0 Å². The number of likely N-dealkylation sites (N-methyl/N-ethyl adjacent to an activating group) is 1. The fourth-order valence-electron chi connectivity index (χ4n) is 2.88. The SMILES string of the molecule is COc1ccc(CCNC(=O)NCC(c2ccccc2OC)N(C)C)cc1. The first-order valence-electron chi connectivity index (χ1n) is 8.99. The number of nitrogens with one attached hydrogen (secondary N) is 2. The minimum atomic E-state index is -0.176. The molecule has 0 fully saturated rings. The van der Waals surface area contributed by atoms with Crippen LogP contribution < -0.4 is 20.1 Å². The molecular formula is C21H29N3O3. The van der Waals surface area contributed by atoms with Crippen molar-refractivity contribution in [2.75, 3.05) is 41.4 Å². The molecule has 1 atom stereocenters. The molecule has 2 N–H and O–H groups in total. The van der Waals surface area contributed by atoms with Crippen LogP contribution in [-0.4, -0.2) is 52.3 Å². The fraction of sp³-hybridized carbons (Fsp3) is 0.381. The van der Waals surface area contributed by atoms with Crippen LogP contribution in [0.2, 0.25) is 0 Å². The molecule has 146 valence electrons. The third-order valence-corrected chi connectivity index (χ3v) is 4.44. The zero-order chi connectivity index (χ0) is 19.6. The molecule has 0 aliphatic carbocycles. The van der Waals surface area contributed by atoms with Crippen LogP contribution in [0.4, 0.5) is 4.79 Å². The van der Waals surface area contributed by atoms with Crippen molar-refractivity contribution < 1.29 is 14.3 Å². The molecule has 1 unspecified atom stereocenters. The van der Waals surface area contributed by atoms with Gasteiger partial charge in [0, 0.05) is 18.7 Å². The second-order valence-electron chi connectivity index (χ2n) is 6.46. The zero-order valence-electron chi connectivity index (χ0n) is 16.5. The van der Waals surface area contributed by atoms with E-state index >= 15 is 0 Å². The van der Waals surface area contributed by atoms with Crippen LogP contribution in [0.1, 0.15) is 17.2 Å². The van der Waals surface area contributed by atoms with Gasteiger partial charge >= 0.3 is 6.03 Å². The molecule has 0 heterocycles. The summed E-state index contributed by atoms with van der Waals surface area (Å²) < 4.78 is 10.6. The Balaban J connectivity index is 1.83. The molecule has 6 nitrogen and oxygen atoms in total. The lowest BCUT2D eigenvalue weighted by atomic mass is 10.0. The lowest BCUT2D eigenvalue weighted by Crippen LogP contribution is -2.41. The number of methoxy groups -OCH3 is 2. The number of ether oxygens (including phenoxy) is 2. The average Bonchev–Trinajstić information content (AvgIpc) is 2.68. The summed E-state index contributed by atoms with van der Waals surface area (Å²) in [6.07, 6.45) is 0.765. The summed E-state index contributed by atoms with van der Waals surface area (Å²) in [6, 6.07) is 15.6. The summed E-state index contributed by atoms with van der Waals surface area (Å²) in [7, 11) is 7.28. The number of rotatable bonds is 9. The third-order valence-electron chi connectivity index (χ3n) is 4.44. The highest BCUT2D eigenvalue weighted by molar-refractivity contribution is 5.73. The Hall–Kier alpha value is -2.73. The van der Waals surface area contributed by atoms with Crippen molar-refractivity contribution >= 4 is 6.03 Å². The van der Waals surface area contributed by atoms with E-state index in [9.17, 15) is 4.79 Å². The van der Waals surface area contributed by atoms with Gasteiger partial charge in [-0.25, -0.2) is 4.79 Å². The topological polar surface area (TPSA) is 62.8 Å². The highest BCUT2D eigenvalue weighted by Gasteiger charge is 2.18. The van der Waals surface area contributed by atoms with Crippen molar-refractivity contribution in [2.45, 2.75) is 12.5 Å². The van der Waals surface area contributed by atoms with Crippen molar-refractivity contribution in [3.05, 3.63) is 59.7 Å². The number of urea groups is 1. The molecule has 0 aliphatic rings. The quantitative estimate of drug-likeness (QED) is 0.712. The molecular weight excluding hydrogens is 342 g/mol. The summed E-state index contributed by atoms with van der Waals surface area (Å²) in [6.45, 7) is 1.06. The standard InChI is InChI=1S/C21H29N3O3/c1-24(2)19(18-7-5-6-8-20(18)27-4)15-23-21(25)22-14-13-16-9-11-17(26-3)12-10-16/h5-12,19H,13-15H2,1-4H3,(H2,22,23,25). The van der Waals surface area contributed by atoms with Gasteiger partial charge in [-0.05, 0) is 44.3 Å². The van der Waals surface area contributed by atoms with Crippen LogP contribution >= 0.6 is 0 Å². The second kappa shape index (κ2) is 10.4. The van der Waals surface area contributed by atoms with E-state index in [2.05, 4.69) is 15.5 Å². The van der Waals surface area contributed by atoms with Gasteiger partial charge in [0.2, 0.25) is 0 Å². The van der Waals surface area contributed by atoms with Crippen LogP contribution in [0.15, 0.2) is 48.5 Å². The molecule has 2 amide bonds. The minimum absolute atomic E-state index is 0.0217. The second-order valence-corrected chi connectivity index (χ2v) is 6.46. The lowest BCUT2D eigenvalue weighted by molar-refractivity contribution is 0.232. The Labute approximate surface area is 161 Å². The number of carbonyl (C=O) groups is 1. The molecule has 2 aromatic carbocycles. The van der Waals surface area contributed by atoms with Crippen LogP contribution in [0.5, 0.6) is 11.5 Å². The zero-order valence-corrected chi connectivity index (χ0v) is 16.5. The Bertz CT molecular complexity index is 717. The van der Waals surface area contributed by atoms with Crippen LogP contribution in [0.25, 0.3) is 0 Å². The van der Waals surface area contributed by atoms with Gasteiger partial charge < -0.3 is 25.0 Å². The third kappa shape index (κ3) is 6.18. The van der Waals surface area contributed by atoms with Gasteiger partial charge in [-0.2, -0.15) is 0 Å². The van der Waals surface area contributed by atoms with Crippen LogP contribution in [-0.2, 0) is 6.42 Å². The molecule has 0 aromatic heterocycles. The van der Waals surface area contributed by atoms with E-state index in [0.29, 0.717) is 13.1 Å². The normalized spacial score (nSPS) is 11.7. The molecule has 0 spiro atoms. The Morgan fingerprint density at radius 1 is 1.00 bits per heavy atom. The maximum atomic E-state index is 12.2. The highest BCUT2D eigenvalue weighted by atomic mass is 16.5. The first kappa shape index (κ1) is 20.6. The molecule has 0 saturated carbocycles. The molecule has 27 heavy (non-hydrogen) atoms. The number of nitrogens with zero attached hydrogens (tertiary/aromatic N) is 1. The van der Waals surface area contributed by atoms with Crippen molar-refractivity contribution in [3.63, 3.8) is 0 Å². The number of amides is 2. The van der Waals surface area contributed by atoms with E-state index in [1.54, 1.807) is 14.2 Å². The Kier molecular flexibility index (Phi) is 7.95. The predicted molar refractivity (Wildman–Crippen MR) is 108 cm³/mol. The summed E-state index contributed by atoms with van der Waals surface area (Å²) in [4.78, 5) is 14.2. The Morgan fingerprint density at radius 3 is 2.33 bits per heavy atom. The van der Waals surface area contributed by atoms with Crippen molar-refractivity contribution in [3.8, 4) is 11.5 Å². The molecule has 0 radical (unpaired) electrons. The first-order valence-corrected chi connectivity index (χ1v) is 8.99. The summed E-state index contributed by atoms with van der Waals surface area (Å²) in [5.41, 5.74) is 2.19. The molecule has 6 heteroatoms. The molecule has 0 bridgehead atoms. The van der Waals surface area contributed by atoms with E-state index in [1.807, 2.05) is 62.6 Å². The lowest BCUT2D eigenvalue weighted by Gasteiger charge is -2.26. The maximum Gasteiger partial charge on any atom is 0.314 e. The van der Waals surface area contributed by atoms with E-state index < -0.39 is 0 Å². The Morgan fingerprint density at radius 2 is 1.70 bits per heavy atom. The van der Waals surface area contributed by atoms with Gasteiger partial charge in [-0.3, -0.25) is 0 Å². The molecule has 2 aromatic rings. The van der Waals surface area contributed by atoms with Gasteiger partial charge in [0.1, 0.15) is 11.5 Å².